The van der Waals surface area contributed by atoms with E-state index in [4.69, 9.17) is 5.73 Å². The largest absolute Gasteiger partial charge is 0.456 e. The number of alkyl halides is 3. The quantitative estimate of drug-likeness (QED) is 0.658. The van der Waals surface area contributed by atoms with E-state index in [9.17, 15) is 18.0 Å². The maximum Gasteiger partial charge on any atom is 0.422 e. The fraction of sp³-hybridized carbons (Fsp3) is 0.364. The average molecular weight is 247 g/mol. The Labute approximate surface area is 96.4 Å². The zero-order chi connectivity index (χ0) is 13.1. The Bertz CT molecular complexity index is 416. The second-order valence-corrected chi connectivity index (χ2v) is 3.65. The van der Waals surface area contributed by atoms with Crippen molar-refractivity contribution in [1.82, 2.24) is 0 Å². The smallest absolute Gasteiger partial charge is 0.422 e. The van der Waals surface area contributed by atoms with Crippen molar-refractivity contribution in [2.75, 3.05) is 12.3 Å². The van der Waals surface area contributed by atoms with Gasteiger partial charge < -0.3 is 10.5 Å². The SMILES string of the molecule is Cc1ccc(N)c(CC(=O)OCC(F)(F)F)c1. The van der Waals surface area contributed by atoms with E-state index < -0.39 is 18.8 Å². The molecule has 94 valence electrons. The van der Waals surface area contributed by atoms with Gasteiger partial charge in [0.15, 0.2) is 6.61 Å². The van der Waals surface area contributed by atoms with E-state index in [2.05, 4.69) is 4.74 Å². The molecule has 0 saturated carbocycles. The average Bonchev–Trinajstić information content (AvgIpc) is 2.20. The van der Waals surface area contributed by atoms with Gasteiger partial charge in [0.25, 0.3) is 0 Å². The summed E-state index contributed by atoms with van der Waals surface area (Å²) in [6, 6.07) is 4.99. The lowest BCUT2D eigenvalue weighted by Gasteiger charge is -2.09. The molecule has 0 aliphatic heterocycles. The molecular formula is C11H12F3NO2. The first kappa shape index (κ1) is 13.3. The lowest BCUT2D eigenvalue weighted by atomic mass is 10.1. The van der Waals surface area contributed by atoms with Gasteiger partial charge in [0.2, 0.25) is 0 Å². The van der Waals surface area contributed by atoms with Gasteiger partial charge in [-0.1, -0.05) is 17.7 Å². The van der Waals surface area contributed by atoms with Gasteiger partial charge in [0.1, 0.15) is 0 Å². The number of carbonyl (C=O) groups is 1. The summed E-state index contributed by atoms with van der Waals surface area (Å²) in [4.78, 5) is 11.1. The monoisotopic (exact) mass is 247 g/mol. The molecule has 6 heteroatoms. The van der Waals surface area contributed by atoms with E-state index in [1.165, 1.54) is 0 Å². The van der Waals surface area contributed by atoms with Crippen molar-refractivity contribution in [3.8, 4) is 0 Å². The van der Waals surface area contributed by atoms with Crippen LogP contribution in [0.4, 0.5) is 18.9 Å². The molecular weight excluding hydrogens is 235 g/mol. The van der Waals surface area contributed by atoms with Crippen LogP contribution in [0.1, 0.15) is 11.1 Å². The number of anilines is 1. The van der Waals surface area contributed by atoms with E-state index in [-0.39, 0.29) is 6.42 Å². The molecule has 0 aliphatic rings. The molecule has 0 spiro atoms. The van der Waals surface area contributed by atoms with Crippen molar-refractivity contribution in [3.63, 3.8) is 0 Å². The van der Waals surface area contributed by atoms with Crippen LogP contribution in [-0.4, -0.2) is 18.8 Å². The second-order valence-electron chi connectivity index (χ2n) is 3.65. The van der Waals surface area contributed by atoms with Crippen LogP contribution in [-0.2, 0) is 16.0 Å². The summed E-state index contributed by atoms with van der Waals surface area (Å²) in [6.07, 6.45) is -4.77. The molecule has 17 heavy (non-hydrogen) atoms. The highest BCUT2D eigenvalue weighted by atomic mass is 19.4. The number of esters is 1. The third kappa shape index (κ3) is 4.76. The highest BCUT2D eigenvalue weighted by Gasteiger charge is 2.29. The van der Waals surface area contributed by atoms with Crippen LogP contribution in [0.25, 0.3) is 0 Å². The first-order valence-electron chi connectivity index (χ1n) is 4.85. The number of aryl methyl sites for hydroxylation is 1. The summed E-state index contributed by atoms with van der Waals surface area (Å²) in [5.74, 6) is -0.945. The Morgan fingerprint density at radius 2 is 2.06 bits per heavy atom. The third-order valence-corrected chi connectivity index (χ3v) is 2.03. The van der Waals surface area contributed by atoms with Gasteiger partial charge in [-0.2, -0.15) is 13.2 Å². The Morgan fingerprint density at radius 3 is 2.65 bits per heavy atom. The summed E-state index contributed by atoms with van der Waals surface area (Å²) in [5.41, 5.74) is 7.29. The van der Waals surface area contributed by atoms with Crippen molar-refractivity contribution in [1.29, 1.82) is 0 Å². The minimum atomic E-state index is -4.51. The summed E-state index contributed by atoms with van der Waals surface area (Å²) >= 11 is 0. The number of nitrogens with two attached hydrogens (primary N) is 1. The van der Waals surface area contributed by atoms with E-state index in [1.54, 1.807) is 25.1 Å². The molecule has 1 aromatic rings. The van der Waals surface area contributed by atoms with Gasteiger partial charge >= 0.3 is 12.1 Å². The van der Waals surface area contributed by atoms with Crippen LogP contribution in [0.5, 0.6) is 0 Å². The van der Waals surface area contributed by atoms with Gasteiger partial charge in [-0.15, -0.1) is 0 Å². The summed E-state index contributed by atoms with van der Waals surface area (Å²) < 4.78 is 39.5. The highest BCUT2D eigenvalue weighted by Crippen LogP contribution is 2.17. The maximum absolute atomic E-state index is 11.8. The number of hydrogen-bond donors (Lipinski definition) is 1. The fourth-order valence-electron chi connectivity index (χ4n) is 1.26. The molecule has 0 aliphatic carbocycles. The van der Waals surface area contributed by atoms with Crippen LogP contribution in [0.15, 0.2) is 18.2 Å². The Kier molecular flexibility index (Phi) is 3.98. The van der Waals surface area contributed by atoms with Crippen molar-refractivity contribution in [3.05, 3.63) is 29.3 Å². The zero-order valence-corrected chi connectivity index (χ0v) is 9.17. The molecule has 0 radical (unpaired) electrons. The van der Waals surface area contributed by atoms with Gasteiger partial charge in [0.05, 0.1) is 6.42 Å². The van der Waals surface area contributed by atoms with E-state index >= 15 is 0 Å². The molecule has 0 heterocycles. The molecule has 2 N–H and O–H groups in total. The molecule has 0 aromatic heterocycles. The molecule has 1 aromatic carbocycles. The van der Waals surface area contributed by atoms with Crippen LogP contribution in [0.3, 0.4) is 0 Å². The predicted molar refractivity (Wildman–Crippen MR) is 56.3 cm³/mol. The van der Waals surface area contributed by atoms with Crippen LogP contribution < -0.4 is 5.73 Å². The number of carbonyl (C=O) groups excluding carboxylic acids is 1. The molecule has 0 saturated heterocycles. The van der Waals surface area contributed by atoms with Crippen molar-refractivity contribution < 1.29 is 22.7 Å². The molecule has 0 amide bonds. The summed E-state index contributed by atoms with van der Waals surface area (Å²) in [6.45, 7) is 0.224. The maximum atomic E-state index is 11.8. The first-order chi connectivity index (χ1) is 7.78. The molecule has 0 atom stereocenters. The van der Waals surface area contributed by atoms with E-state index in [0.717, 1.165) is 5.56 Å². The van der Waals surface area contributed by atoms with Crippen molar-refractivity contribution in [2.24, 2.45) is 0 Å². The van der Waals surface area contributed by atoms with Gasteiger partial charge in [0, 0.05) is 5.69 Å². The van der Waals surface area contributed by atoms with Crippen LogP contribution in [0, 0.1) is 6.92 Å². The van der Waals surface area contributed by atoms with Crippen LogP contribution >= 0.6 is 0 Å². The molecule has 0 bridgehead atoms. The lowest BCUT2D eigenvalue weighted by molar-refractivity contribution is -0.185. The zero-order valence-electron chi connectivity index (χ0n) is 9.17. The molecule has 3 nitrogen and oxygen atoms in total. The minimum absolute atomic E-state index is 0.260. The lowest BCUT2D eigenvalue weighted by Crippen LogP contribution is -2.21. The number of benzene rings is 1. The van der Waals surface area contributed by atoms with E-state index in [0.29, 0.717) is 11.3 Å². The molecule has 0 unspecified atom stereocenters. The Hall–Kier alpha value is -1.72. The Balaban J connectivity index is 2.59. The topological polar surface area (TPSA) is 52.3 Å². The highest BCUT2D eigenvalue weighted by molar-refractivity contribution is 5.75. The number of halogens is 3. The van der Waals surface area contributed by atoms with Crippen molar-refractivity contribution in [2.45, 2.75) is 19.5 Å². The standard InChI is InChI=1S/C11H12F3NO2/c1-7-2-3-9(15)8(4-7)5-10(16)17-6-11(12,13)14/h2-4H,5-6,15H2,1H3. The second kappa shape index (κ2) is 5.07. The van der Waals surface area contributed by atoms with E-state index in [1.807, 2.05) is 0 Å². The summed E-state index contributed by atoms with van der Waals surface area (Å²) in [5, 5.41) is 0. The number of rotatable bonds is 3. The third-order valence-electron chi connectivity index (χ3n) is 2.03. The normalized spacial score (nSPS) is 11.3. The predicted octanol–water partition coefficient (Wildman–Crippen LogP) is 2.23. The molecule has 1 rings (SSSR count). The number of nitrogen functional groups attached to an aromatic ring is 1. The first-order valence-corrected chi connectivity index (χ1v) is 4.85. The van der Waals surface area contributed by atoms with Crippen LogP contribution in [0.2, 0.25) is 0 Å². The van der Waals surface area contributed by atoms with Crippen molar-refractivity contribution >= 4 is 11.7 Å². The number of hydrogen-bond acceptors (Lipinski definition) is 3. The van der Waals surface area contributed by atoms with Gasteiger partial charge in [-0.25, -0.2) is 0 Å². The Morgan fingerprint density at radius 1 is 1.41 bits per heavy atom. The minimum Gasteiger partial charge on any atom is -0.456 e. The van der Waals surface area contributed by atoms with Gasteiger partial charge in [-0.3, -0.25) is 4.79 Å². The molecule has 0 fully saturated rings. The fourth-order valence-corrected chi connectivity index (χ4v) is 1.26. The summed E-state index contributed by atoms with van der Waals surface area (Å²) in [7, 11) is 0. The number of ether oxygens (including phenoxy) is 1. The van der Waals surface area contributed by atoms with Gasteiger partial charge in [-0.05, 0) is 18.6 Å².